The number of hydrogen-bond donors (Lipinski definition) is 3. The van der Waals surface area contributed by atoms with Crippen LogP contribution < -0.4 is 25.8 Å². The first kappa shape index (κ1) is 24.5. The summed E-state index contributed by atoms with van der Waals surface area (Å²) >= 11 is 0. The molecule has 1 aliphatic rings. The number of carbonyl (C=O) groups is 2. The molecule has 1 fully saturated rings. The fourth-order valence-electron chi connectivity index (χ4n) is 3.70. The highest BCUT2D eigenvalue weighted by Gasteiger charge is 2.25. The van der Waals surface area contributed by atoms with Gasteiger partial charge in [0.05, 0.1) is 20.6 Å². The first-order chi connectivity index (χ1) is 14.9. The van der Waals surface area contributed by atoms with Crippen molar-refractivity contribution < 1.29 is 19.1 Å². The minimum atomic E-state index is -0.614. The second kappa shape index (κ2) is 12.2. The van der Waals surface area contributed by atoms with Gasteiger partial charge in [0.15, 0.2) is 17.5 Å². The highest BCUT2D eigenvalue weighted by Crippen LogP contribution is 2.27. The monoisotopic (exact) mass is 432 g/mol. The largest absolute Gasteiger partial charge is 0.493 e. The van der Waals surface area contributed by atoms with Crippen molar-refractivity contribution in [1.29, 1.82) is 0 Å². The van der Waals surface area contributed by atoms with Crippen LogP contribution in [0.4, 0.5) is 0 Å². The van der Waals surface area contributed by atoms with Crippen LogP contribution in [0.3, 0.4) is 0 Å². The van der Waals surface area contributed by atoms with Gasteiger partial charge in [-0.05, 0) is 42.9 Å². The number of aliphatic imine (C=N–C) groups is 1. The van der Waals surface area contributed by atoms with Crippen molar-refractivity contribution in [3.05, 3.63) is 23.8 Å². The molecule has 2 atom stereocenters. The Kier molecular flexibility index (Phi) is 9.62. The van der Waals surface area contributed by atoms with Gasteiger partial charge in [-0.25, -0.2) is 4.99 Å². The van der Waals surface area contributed by atoms with Crippen molar-refractivity contribution in [2.24, 2.45) is 16.6 Å². The summed E-state index contributed by atoms with van der Waals surface area (Å²) < 4.78 is 10.5. The minimum Gasteiger partial charge on any atom is -0.493 e. The molecule has 1 aliphatic carbocycles. The highest BCUT2D eigenvalue weighted by atomic mass is 16.5. The molecule has 0 radical (unpaired) electrons. The van der Waals surface area contributed by atoms with Crippen LogP contribution in [-0.2, 0) is 16.0 Å². The highest BCUT2D eigenvalue weighted by molar-refractivity contribution is 5.98. The third-order valence-corrected chi connectivity index (χ3v) is 5.70. The molecule has 0 saturated heterocycles. The number of nitrogens with two attached hydrogens (primary N) is 1. The molecule has 2 rings (SSSR count). The third kappa shape index (κ3) is 7.77. The van der Waals surface area contributed by atoms with E-state index in [-0.39, 0.29) is 30.2 Å². The molecule has 8 heteroatoms. The molecule has 0 bridgehead atoms. The van der Waals surface area contributed by atoms with E-state index in [2.05, 4.69) is 29.5 Å². The van der Waals surface area contributed by atoms with Gasteiger partial charge in [0.2, 0.25) is 11.8 Å². The zero-order chi connectivity index (χ0) is 22.8. The van der Waals surface area contributed by atoms with E-state index in [1.54, 1.807) is 32.4 Å². The van der Waals surface area contributed by atoms with Gasteiger partial charge in [0, 0.05) is 6.04 Å². The smallest absolute Gasteiger partial charge is 0.245 e. The molecule has 8 nitrogen and oxygen atoms in total. The molecular weight excluding hydrogens is 396 g/mol. The van der Waals surface area contributed by atoms with Crippen molar-refractivity contribution in [3.63, 3.8) is 0 Å². The third-order valence-electron chi connectivity index (χ3n) is 5.70. The Labute approximate surface area is 185 Å². The molecule has 31 heavy (non-hydrogen) atoms. The van der Waals surface area contributed by atoms with Crippen molar-refractivity contribution in [2.45, 2.75) is 70.9 Å². The van der Waals surface area contributed by atoms with Crippen LogP contribution in [0.5, 0.6) is 11.5 Å². The van der Waals surface area contributed by atoms with Crippen molar-refractivity contribution in [2.75, 3.05) is 14.2 Å². The number of ether oxygens (including phenoxy) is 2. The average Bonchev–Trinajstić information content (AvgIpc) is 3.25. The maximum Gasteiger partial charge on any atom is 0.245 e. The van der Waals surface area contributed by atoms with Gasteiger partial charge in [-0.15, -0.1) is 0 Å². The molecule has 1 aromatic carbocycles. The van der Waals surface area contributed by atoms with Gasteiger partial charge in [0.25, 0.3) is 0 Å². The van der Waals surface area contributed by atoms with Gasteiger partial charge in [0.1, 0.15) is 6.04 Å². The van der Waals surface area contributed by atoms with Crippen LogP contribution >= 0.6 is 0 Å². The number of methoxy groups -OCH3 is 2. The zero-order valence-electron chi connectivity index (χ0n) is 19.1. The topological polar surface area (TPSA) is 115 Å². The molecule has 0 heterocycles. The van der Waals surface area contributed by atoms with Crippen LogP contribution in [0.2, 0.25) is 0 Å². The van der Waals surface area contributed by atoms with E-state index >= 15 is 0 Å². The van der Waals surface area contributed by atoms with Gasteiger partial charge < -0.3 is 20.5 Å². The maximum absolute atomic E-state index is 12.8. The number of rotatable bonds is 10. The molecule has 1 unspecified atom stereocenters. The summed E-state index contributed by atoms with van der Waals surface area (Å²) in [5.74, 6) is 0.982. The van der Waals surface area contributed by atoms with E-state index in [0.29, 0.717) is 23.8 Å². The molecule has 0 spiro atoms. The van der Waals surface area contributed by atoms with Crippen LogP contribution in [0.1, 0.15) is 57.9 Å². The van der Waals surface area contributed by atoms with Crippen LogP contribution in [0.25, 0.3) is 0 Å². The number of amides is 2. The second-order valence-corrected chi connectivity index (χ2v) is 8.18. The molecule has 172 valence electrons. The first-order valence-corrected chi connectivity index (χ1v) is 11.0. The Morgan fingerprint density at radius 1 is 1.19 bits per heavy atom. The lowest BCUT2D eigenvalue weighted by Crippen LogP contribution is -2.43. The van der Waals surface area contributed by atoms with Gasteiger partial charge in [-0.2, -0.15) is 0 Å². The molecular formula is C23H36N4O4. The molecule has 4 N–H and O–H groups in total. The summed E-state index contributed by atoms with van der Waals surface area (Å²) in [7, 11) is 3.10. The normalized spacial score (nSPS) is 16.5. The van der Waals surface area contributed by atoms with E-state index in [1.807, 2.05) is 0 Å². The van der Waals surface area contributed by atoms with Crippen molar-refractivity contribution in [3.8, 4) is 11.5 Å². The van der Waals surface area contributed by atoms with Crippen LogP contribution in [0, 0.1) is 5.92 Å². The fraction of sp³-hybridized carbons (Fsp3) is 0.609. The van der Waals surface area contributed by atoms with Crippen molar-refractivity contribution in [1.82, 2.24) is 10.6 Å². The van der Waals surface area contributed by atoms with E-state index in [0.717, 1.165) is 37.7 Å². The summed E-state index contributed by atoms with van der Waals surface area (Å²) in [4.78, 5) is 29.6. The van der Waals surface area contributed by atoms with Crippen LogP contribution in [0.15, 0.2) is 23.2 Å². The summed E-state index contributed by atoms with van der Waals surface area (Å²) in [6, 6.07) is 4.87. The Bertz CT molecular complexity index is 775. The molecule has 1 aromatic rings. The second-order valence-electron chi connectivity index (χ2n) is 8.18. The van der Waals surface area contributed by atoms with Gasteiger partial charge >= 0.3 is 0 Å². The Balaban J connectivity index is 2.02. The predicted molar refractivity (Wildman–Crippen MR) is 121 cm³/mol. The van der Waals surface area contributed by atoms with E-state index < -0.39 is 6.04 Å². The van der Waals surface area contributed by atoms with E-state index in [1.165, 1.54) is 0 Å². The number of benzene rings is 1. The summed E-state index contributed by atoms with van der Waals surface area (Å²) in [6.07, 6.45) is 5.90. The first-order valence-electron chi connectivity index (χ1n) is 11.0. The Hall–Kier alpha value is -2.77. The summed E-state index contributed by atoms with van der Waals surface area (Å²) in [5.41, 5.74) is 6.74. The number of nitrogens with zero attached hydrogens (tertiary/aromatic N) is 1. The lowest BCUT2D eigenvalue weighted by molar-refractivity contribution is -0.123. The zero-order valence-corrected chi connectivity index (χ0v) is 19.1. The lowest BCUT2D eigenvalue weighted by atomic mass is 9.99. The van der Waals surface area contributed by atoms with Crippen molar-refractivity contribution >= 4 is 17.8 Å². The standard InChI is InChI=1S/C23H36N4O4/c1-5-15(2)12-18(22(29)25-17-8-6-7-9-17)26-23(24)27-21(28)14-16-10-11-19(30-3)20(13-16)31-4/h10-11,13,15,17-18H,5-9,12,14H2,1-4H3,(H,25,29)(H3,24,26,27,28)/t15?,18-/m1/s1. The van der Waals surface area contributed by atoms with Crippen LogP contribution in [-0.4, -0.2) is 44.1 Å². The number of guanidine groups is 1. The number of carbonyl (C=O) groups excluding carboxylic acids is 2. The van der Waals surface area contributed by atoms with Gasteiger partial charge in [-0.1, -0.05) is 39.2 Å². The molecule has 1 saturated carbocycles. The molecule has 2 amide bonds. The SMILES string of the molecule is CCC(C)C[C@@H](N=C(N)NC(=O)Cc1ccc(OC)c(OC)c1)C(=O)NC1CCCC1. The number of nitrogens with one attached hydrogen (secondary N) is 2. The lowest BCUT2D eigenvalue weighted by Gasteiger charge is -2.20. The summed E-state index contributed by atoms with van der Waals surface area (Å²) in [5, 5.41) is 5.69. The van der Waals surface area contributed by atoms with E-state index in [9.17, 15) is 9.59 Å². The fourth-order valence-corrected chi connectivity index (χ4v) is 3.70. The number of hydrogen-bond acceptors (Lipinski definition) is 5. The molecule has 0 aromatic heterocycles. The predicted octanol–water partition coefficient (Wildman–Crippen LogP) is 2.54. The Morgan fingerprint density at radius 2 is 1.87 bits per heavy atom. The Morgan fingerprint density at radius 3 is 2.48 bits per heavy atom. The quantitative estimate of drug-likeness (QED) is 0.388. The van der Waals surface area contributed by atoms with E-state index in [4.69, 9.17) is 15.2 Å². The minimum absolute atomic E-state index is 0.0413. The maximum atomic E-state index is 12.8. The molecule has 0 aliphatic heterocycles. The summed E-state index contributed by atoms with van der Waals surface area (Å²) in [6.45, 7) is 4.16. The van der Waals surface area contributed by atoms with Gasteiger partial charge in [-0.3, -0.25) is 14.9 Å². The average molecular weight is 433 g/mol.